The van der Waals surface area contributed by atoms with E-state index >= 15 is 0 Å². The molecule has 0 unspecified atom stereocenters. The first-order valence-electron chi connectivity index (χ1n) is 19.6. The Morgan fingerprint density at radius 3 is 2.42 bits per heavy atom. The zero-order valence-corrected chi connectivity index (χ0v) is 31.5. The number of anilines is 1. The molecule has 0 spiro atoms. The van der Waals surface area contributed by atoms with Gasteiger partial charge in [0.2, 0.25) is 0 Å². The average Bonchev–Trinajstić information content (AvgIpc) is 3.96. The second-order valence-corrected chi connectivity index (χ2v) is 14.9. The van der Waals surface area contributed by atoms with Crippen LogP contribution in [0.15, 0.2) is 72.9 Å². The predicted molar refractivity (Wildman–Crippen MR) is 211 cm³/mol. The molecule has 3 fully saturated rings. The van der Waals surface area contributed by atoms with Gasteiger partial charge in [-0.1, -0.05) is 31.2 Å². The van der Waals surface area contributed by atoms with Crippen LogP contribution in [0.4, 0.5) is 10.1 Å². The van der Waals surface area contributed by atoms with Gasteiger partial charge in [-0.3, -0.25) is 14.5 Å². The van der Waals surface area contributed by atoms with E-state index in [4.69, 9.17) is 9.72 Å². The summed E-state index contributed by atoms with van der Waals surface area (Å²) in [6, 6.07) is 21.2. The number of aromatic nitrogens is 3. The third-order valence-corrected chi connectivity index (χ3v) is 11.2. The summed E-state index contributed by atoms with van der Waals surface area (Å²) >= 11 is 0. The van der Waals surface area contributed by atoms with Crippen LogP contribution in [0, 0.1) is 5.82 Å². The first-order chi connectivity index (χ1) is 26.8. The lowest BCUT2D eigenvalue weighted by Gasteiger charge is -2.27. The number of carbonyl (C=O) groups excluding carboxylic acids is 2. The van der Waals surface area contributed by atoms with Crippen LogP contribution in [0.5, 0.6) is 0 Å². The van der Waals surface area contributed by atoms with Crippen molar-refractivity contribution in [1.29, 1.82) is 0 Å². The normalized spacial score (nSPS) is 18.5. The molecule has 2 amide bonds. The van der Waals surface area contributed by atoms with E-state index in [0.29, 0.717) is 55.0 Å². The van der Waals surface area contributed by atoms with Gasteiger partial charge in [0, 0.05) is 93.0 Å². The monoisotopic (exact) mass is 744 g/mol. The highest BCUT2D eigenvalue weighted by atomic mass is 19.1. The molecule has 8 rings (SSSR count). The van der Waals surface area contributed by atoms with Crippen LogP contribution in [0.3, 0.4) is 0 Å². The molecule has 2 bridgehead atoms. The summed E-state index contributed by atoms with van der Waals surface area (Å²) < 4.78 is 22.4. The molecule has 286 valence electrons. The first-order valence-corrected chi connectivity index (χ1v) is 19.6. The number of benzene rings is 3. The Bertz CT molecular complexity index is 2200. The number of likely N-dealkylation sites (tertiary alicyclic amines) is 1. The molecular formula is C43H49FN8O3. The molecule has 0 saturated carbocycles. The summed E-state index contributed by atoms with van der Waals surface area (Å²) in [5.74, 6) is -1.01. The van der Waals surface area contributed by atoms with Gasteiger partial charge in [0.1, 0.15) is 5.82 Å². The van der Waals surface area contributed by atoms with Crippen molar-refractivity contribution in [2.24, 2.45) is 0 Å². The number of carbonyl (C=O) groups is 2. The van der Waals surface area contributed by atoms with Gasteiger partial charge in [0.15, 0.2) is 5.65 Å². The Morgan fingerprint density at radius 2 is 1.69 bits per heavy atom. The molecule has 5 aromatic rings. The fraction of sp³-hybridized carbons (Fsp3) is 0.395. The highest BCUT2D eigenvalue weighted by molar-refractivity contribution is 6.00. The largest absolute Gasteiger partial charge is 0.381 e. The SMILES string of the molecule is CCc1nc2c(cnn2CC)c(NC2CCOCC2)c1CNC(=O)c1cccc(C(=O)NCc2cc(F)cc(-c3cccc(CN4C[C@@H]5C[C@H]4CN5)c3)c2)c1. The second kappa shape index (κ2) is 16.3. The van der Waals surface area contributed by atoms with Crippen LogP contribution in [0.1, 0.15) is 76.2 Å². The average molecular weight is 745 g/mol. The quantitative estimate of drug-likeness (QED) is 0.119. The number of nitrogens with one attached hydrogen (secondary N) is 4. The van der Waals surface area contributed by atoms with E-state index in [0.717, 1.165) is 71.6 Å². The van der Waals surface area contributed by atoms with Crippen molar-refractivity contribution in [3.8, 4) is 11.1 Å². The summed E-state index contributed by atoms with van der Waals surface area (Å²) in [6.07, 6.45) is 5.51. The van der Waals surface area contributed by atoms with Crippen LogP contribution in [-0.4, -0.2) is 75.9 Å². The van der Waals surface area contributed by atoms with Gasteiger partial charge >= 0.3 is 0 Å². The summed E-state index contributed by atoms with van der Waals surface area (Å²) in [5.41, 5.74) is 7.85. The maximum Gasteiger partial charge on any atom is 0.251 e. The lowest BCUT2D eigenvalue weighted by molar-refractivity contribution is 0.0904. The molecule has 3 aliphatic rings. The predicted octanol–water partition coefficient (Wildman–Crippen LogP) is 5.82. The number of pyridine rings is 1. The molecule has 0 radical (unpaired) electrons. The summed E-state index contributed by atoms with van der Waals surface area (Å²) in [4.78, 5) is 34.5. The Morgan fingerprint density at radius 1 is 0.927 bits per heavy atom. The number of rotatable bonds is 13. The van der Waals surface area contributed by atoms with Crippen molar-refractivity contribution < 1.29 is 18.7 Å². The molecular weight excluding hydrogens is 696 g/mol. The number of amides is 2. The van der Waals surface area contributed by atoms with E-state index in [1.807, 2.05) is 36.0 Å². The Kier molecular flexibility index (Phi) is 10.9. The molecule has 12 heteroatoms. The number of hydrogen-bond acceptors (Lipinski definition) is 8. The first kappa shape index (κ1) is 36.8. The molecule has 5 heterocycles. The highest BCUT2D eigenvalue weighted by Crippen LogP contribution is 2.32. The molecule has 3 aliphatic heterocycles. The van der Waals surface area contributed by atoms with E-state index in [2.05, 4.69) is 50.3 Å². The number of aryl methyl sites for hydroxylation is 2. The molecule has 2 atom stereocenters. The van der Waals surface area contributed by atoms with Crippen LogP contribution >= 0.6 is 0 Å². The molecule has 3 saturated heterocycles. The van der Waals surface area contributed by atoms with E-state index in [1.54, 1.807) is 24.3 Å². The number of fused-ring (bicyclic) bond motifs is 3. The molecule has 55 heavy (non-hydrogen) atoms. The zero-order valence-electron chi connectivity index (χ0n) is 31.5. The lowest BCUT2D eigenvalue weighted by Crippen LogP contribution is -2.42. The van der Waals surface area contributed by atoms with Gasteiger partial charge in [0.25, 0.3) is 11.8 Å². The van der Waals surface area contributed by atoms with Crippen molar-refractivity contribution in [2.75, 3.05) is 31.6 Å². The summed E-state index contributed by atoms with van der Waals surface area (Å²) in [7, 11) is 0. The third kappa shape index (κ3) is 8.12. The number of halogens is 1. The summed E-state index contributed by atoms with van der Waals surface area (Å²) in [6.45, 7) is 9.57. The van der Waals surface area contributed by atoms with Gasteiger partial charge < -0.3 is 26.0 Å². The van der Waals surface area contributed by atoms with Crippen molar-refractivity contribution in [3.05, 3.63) is 112 Å². The lowest BCUT2D eigenvalue weighted by atomic mass is 10.00. The van der Waals surface area contributed by atoms with Crippen molar-refractivity contribution >= 4 is 28.5 Å². The van der Waals surface area contributed by atoms with Gasteiger partial charge in [-0.15, -0.1) is 0 Å². The zero-order chi connectivity index (χ0) is 37.9. The fourth-order valence-electron chi connectivity index (χ4n) is 8.30. The van der Waals surface area contributed by atoms with Crippen molar-refractivity contribution in [1.82, 2.24) is 35.6 Å². The molecule has 4 N–H and O–H groups in total. The number of nitrogens with zero attached hydrogens (tertiary/aromatic N) is 4. The summed E-state index contributed by atoms with van der Waals surface area (Å²) in [5, 5.41) is 18.8. The van der Waals surface area contributed by atoms with Crippen molar-refractivity contribution in [3.63, 3.8) is 0 Å². The van der Waals surface area contributed by atoms with Gasteiger partial charge in [0.05, 0.1) is 17.3 Å². The second-order valence-electron chi connectivity index (χ2n) is 14.9. The molecule has 3 aromatic carbocycles. The van der Waals surface area contributed by atoms with Crippen LogP contribution < -0.4 is 21.3 Å². The minimum Gasteiger partial charge on any atom is -0.381 e. The Balaban J connectivity index is 0.933. The van der Waals surface area contributed by atoms with Crippen LogP contribution in [0.2, 0.25) is 0 Å². The van der Waals surface area contributed by atoms with Gasteiger partial charge in [-0.2, -0.15) is 5.10 Å². The van der Waals surface area contributed by atoms with E-state index in [-0.39, 0.29) is 36.8 Å². The topological polar surface area (TPSA) is 125 Å². The minimum absolute atomic E-state index is 0.135. The third-order valence-electron chi connectivity index (χ3n) is 11.2. The van der Waals surface area contributed by atoms with E-state index in [1.165, 1.54) is 24.1 Å². The standard InChI is InChI=1S/C43H49FN8O3/c1-3-39-37(40(49-34-11-13-55-14-12-34)38-24-48-52(4-2)41(38)50-39)23-47-43(54)31-10-6-9-30(18-31)42(53)46-21-28-16-32(19-33(44)17-28)29-8-5-7-27(15-29)25-51-26-35-20-36(51)22-45-35/h5-10,15-19,24,34-36,45H,3-4,11-14,20-23,25-26H2,1-2H3,(H,46,53)(H,47,54)(H,49,50)/t35-,36-/m0/s1. The number of hydrogen-bond donors (Lipinski definition) is 4. The highest BCUT2D eigenvalue weighted by Gasteiger charge is 2.37. The smallest absolute Gasteiger partial charge is 0.251 e. The van der Waals surface area contributed by atoms with Crippen molar-refractivity contribution in [2.45, 2.75) is 83.8 Å². The number of piperazine rings is 1. The van der Waals surface area contributed by atoms with Gasteiger partial charge in [-0.25, -0.2) is 14.1 Å². The Labute approximate surface area is 321 Å². The van der Waals surface area contributed by atoms with Crippen LogP contribution in [-0.2, 0) is 37.3 Å². The fourth-order valence-corrected chi connectivity index (χ4v) is 8.30. The van der Waals surface area contributed by atoms with E-state index < -0.39 is 0 Å². The Hall–Kier alpha value is -5.17. The molecule has 2 aromatic heterocycles. The molecule has 11 nitrogen and oxygen atoms in total. The maximum atomic E-state index is 14.9. The maximum absolute atomic E-state index is 14.9. The molecule has 0 aliphatic carbocycles. The van der Waals surface area contributed by atoms with E-state index in [9.17, 15) is 14.0 Å². The minimum atomic E-state index is -0.361. The van der Waals surface area contributed by atoms with Gasteiger partial charge in [-0.05, 0) is 97.3 Å². The number of ether oxygens (including phenoxy) is 1. The van der Waals surface area contributed by atoms with Crippen LogP contribution in [0.25, 0.3) is 22.2 Å².